The molecule has 0 atom stereocenters. The summed E-state index contributed by atoms with van der Waals surface area (Å²) in [6.07, 6.45) is 0. The van der Waals surface area contributed by atoms with Crippen molar-refractivity contribution in [3.05, 3.63) is 58.6 Å². The smallest absolute Gasteiger partial charge is 0.0467 e. The molecule has 3 heteroatoms. The van der Waals surface area contributed by atoms with Gasteiger partial charge < -0.3 is 4.90 Å². The van der Waals surface area contributed by atoms with Gasteiger partial charge in [0.1, 0.15) is 0 Å². The Morgan fingerprint density at radius 1 is 1.17 bits per heavy atom. The SMILES string of the molecule is Cc1ccccc1N(C)c1ccc(CBr)c(Cl)c1. The van der Waals surface area contributed by atoms with Gasteiger partial charge >= 0.3 is 0 Å². The van der Waals surface area contributed by atoms with E-state index < -0.39 is 0 Å². The van der Waals surface area contributed by atoms with Crippen LogP contribution in [-0.4, -0.2) is 7.05 Å². The Morgan fingerprint density at radius 3 is 2.50 bits per heavy atom. The van der Waals surface area contributed by atoms with E-state index in [-0.39, 0.29) is 0 Å². The van der Waals surface area contributed by atoms with Gasteiger partial charge in [-0.05, 0) is 36.2 Å². The van der Waals surface area contributed by atoms with E-state index in [1.165, 1.54) is 11.3 Å². The third kappa shape index (κ3) is 2.70. The van der Waals surface area contributed by atoms with Gasteiger partial charge in [-0.2, -0.15) is 0 Å². The van der Waals surface area contributed by atoms with Crippen molar-refractivity contribution in [1.82, 2.24) is 0 Å². The molecule has 1 nitrogen and oxygen atoms in total. The van der Waals surface area contributed by atoms with E-state index in [9.17, 15) is 0 Å². The van der Waals surface area contributed by atoms with Crippen LogP contribution in [0.4, 0.5) is 11.4 Å². The summed E-state index contributed by atoms with van der Waals surface area (Å²) in [7, 11) is 2.06. The molecule has 0 aliphatic rings. The number of para-hydroxylation sites is 1. The van der Waals surface area contributed by atoms with Gasteiger partial charge in [-0.25, -0.2) is 0 Å². The highest BCUT2D eigenvalue weighted by molar-refractivity contribution is 9.08. The van der Waals surface area contributed by atoms with E-state index in [1.54, 1.807) is 0 Å². The predicted octanol–water partition coefficient (Wildman–Crippen LogP) is 5.31. The first-order chi connectivity index (χ1) is 8.63. The molecule has 0 bridgehead atoms. The molecular weight excluding hydrogens is 310 g/mol. The number of benzene rings is 2. The molecule has 0 amide bonds. The van der Waals surface area contributed by atoms with Gasteiger partial charge in [-0.3, -0.25) is 0 Å². The van der Waals surface area contributed by atoms with Crippen LogP contribution in [-0.2, 0) is 5.33 Å². The number of anilines is 2. The number of halogens is 2. The molecule has 2 rings (SSSR count). The molecule has 0 aliphatic heterocycles. The van der Waals surface area contributed by atoms with Gasteiger partial charge in [0, 0.05) is 28.8 Å². The lowest BCUT2D eigenvalue weighted by molar-refractivity contribution is 1.18. The van der Waals surface area contributed by atoms with Crippen molar-refractivity contribution < 1.29 is 0 Å². The fourth-order valence-electron chi connectivity index (χ4n) is 1.93. The molecule has 0 unspecified atom stereocenters. The first-order valence-electron chi connectivity index (χ1n) is 5.77. The number of hydrogen-bond acceptors (Lipinski definition) is 1. The molecule has 2 aromatic rings. The van der Waals surface area contributed by atoms with Crippen molar-refractivity contribution >= 4 is 38.9 Å². The average Bonchev–Trinajstić information content (AvgIpc) is 2.38. The van der Waals surface area contributed by atoms with Gasteiger partial charge in [0.25, 0.3) is 0 Å². The normalized spacial score (nSPS) is 10.4. The van der Waals surface area contributed by atoms with Crippen LogP contribution in [0.1, 0.15) is 11.1 Å². The molecule has 18 heavy (non-hydrogen) atoms. The molecule has 0 aromatic heterocycles. The van der Waals surface area contributed by atoms with Gasteiger partial charge in [0.05, 0.1) is 0 Å². The second-order valence-corrected chi connectivity index (χ2v) is 5.22. The molecule has 2 aromatic carbocycles. The molecule has 0 aliphatic carbocycles. The number of nitrogens with zero attached hydrogens (tertiary/aromatic N) is 1. The standard InChI is InChI=1S/C15H15BrClN/c1-11-5-3-4-6-15(11)18(2)13-8-7-12(10-16)14(17)9-13/h3-9H,10H2,1-2H3. The van der Waals surface area contributed by atoms with E-state index in [4.69, 9.17) is 11.6 Å². The van der Waals surface area contributed by atoms with Gasteiger partial charge in [0.15, 0.2) is 0 Å². The second-order valence-electron chi connectivity index (χ2n) is 4.25. The summed E-state index contributed by atoms with van der Waals surface area (Å²) in [4.78, 5) is 2.15. The lowest BCUT2D eigenvalue weighted by atomic mass is 10.1. The first kappa shape index (κ1) is 13.4. The van der Waals surface area contributed by atoms with Crippen LogP contribution < -0.4 is 4.90 Å². The van der Waals surface area contributed by atoms with Crippen LogP contribution in [0, 0.1) is 6.92 Å². The number of rotatable bonds is 3. The zero-order chi connectivity index (χ0) is 13.1. The fourth-order valence-corrected chi connectivity index (χ4v) is 2.82. The van der Waals surface area contributed by atoms with E-state index >= 15 is 0 Å². The Labute approximate surface area is 122 Å². The topological polar surface area (TPSA) is 3.24 Å². The molecule has 0 N–H and O–H groups in total. The molecule has 0 saturated heterocycles. The van der Waals surface area contributed by atoms with Crippen LogP contribution >= 0.6 is 27.5 Å². The van der Waals surface area contributed by atoms with Crippen LogP contribution in [0.3, 0.4) is 0 Å². The van der Waals surface area contributed by atoms with E-state index in [0.29, 0.717) is 0 Å². The van der Waals surface area contributed by atoms with Gasteiger partial charge in [0.2, 0.25) is 0 Å². The minimum atomic E-state index is 0.778. The Kier molecular flexibility index (Phi) is 4.31. The average molecular weight is 325 g/mol. The molecule has 0 heterocycles. The highest BCUT2D eigenvalue weighted by Gasteiger charge is 2.08. The van der Waals surface area contributed by atoms with Crippen molar-refractivity contribution in [2.24, 2.45) is 0 Å². The number of hydrogen-bond donors (Lipinski definition) is 0. The summed E-state index contributed by atoms with van der Waals surface area (Å²) in [5, 5.41) is 1.57. The number of aryl methyl sites for hydroxylation is 1. The number of alkyl halides is 1. The molecule has 94 valence electrons. The van der Waals surface area contributed by atoms with Crippen molar-refractivity contribution in [2.45, 2.75) is 12.3 Å². The second kappa shape index (κ2) is 5.77. The summed E-state index contributed by atoms with van der Waals surface area (Å²) < 4.78 is 0. The van der Waals surface area contributed by atoms with Crippen molar-refractivity contribution in [2.75, 3.05) is 11.9 Å². The molecule has 0 radical (unpaired) electrons. The minimum Gasteiger partial charge on any atom is -0.344 e. The van der Waals surface area contributed by atoms with E-state index in [1.807, 2.05) is 18.2 Å². The van der Waals surface area contributed by atoms with E-state index in [2.05, 4.69) is 59.1 Å². The quantitative estimate of drug-likeness (QED) is 0.691. The maximum Gasteiger partial charge on any atom is 0.0467 e. The Balaban J connectivity index is 2.37. The largest absolute Gasteiger partial charge is 0.344 e. The molecular formula is C15H15BrClN. The van der Waals surface area contributed by atoms with E-state index in [0.717, 1.165) is 21.6 Å². The highest BCUT2D eigenvalue weighted by Crippen LogP contribution is 2.30. The Bertz CT molecular complexity index is 554. The highest BCUT2D eigenvalue weighted by atomic mass is 79.9. The minimum absolute atomic E-state index is 0.778. The maximum atomic E-state index is 6.24. The van der Waals surface area contributed by atoms with Crippen molar-refractivity contribution in [3.63, 3.8) is 0 Å². The monoisotopic (exact) mass is 323 g/mol. The molecule has 0 saturated carbocycles. The maximum absolute atomic E-state index is 6.24. The van der Waals surface area contributed by atoms with Crippen molar-refractivity contribution in [3.8, 4) is 0 Å². The third-order valence-electron chi connectivity index (χ3n) is 3.04. The molecule has 0 spiro atoms. The van der Waals surface area contributed by atoms with Crippen LogP contribution in [0.2, 0.25) is 5.02 Å². The molecule has 0 fully saturated rings. The summed E-state index contributed by atoms with van der Waals surface area (Å²) in [5.41, 5.74) is 4.65. The summed E-state index contributed by atoms with van der Waals surface area (Å²) in [5.74, 6) is 0. The van der Waals surface area contributed by atoms with Gasteiger partial charge in [-0.1, -0.05) is 51.8 Å². The zero-order valence-electron chi connectivity index (χ0n) is 10.5. The van der Waals surface area contributed by atoms with Crippen molar-refractivity contribution in [1.29, 1.82) is 0 Å². The predicted molar refractivity (Wildman–Crippen MR) is 83.3 cm³/mol. The summed E-state index contributed by atoms with van der Waals surface area (Å²) in [6, 6.07) is 14.5. The lowest BCUT2D eigenvalue weighted by Crippen LogP contribution is -2.10. The van der Waals surface area contributed by atoms with Gasteiger partial charge in [-0.15, -0.1) is 0 Å². The Hall–Kier alpha value is -0.990. The fraction of sp³-hybridized carbons (Fsp3) is 0.200. The first-order valence-corrected chi connectivity index (χ1v) is 7.27. The third-order valence-corrected chi connectivity index (χ3v) is 4.00. The van der Waals surface area contributed by atoms with Crippen LogP contribution in [0.5, 0.6) is 0 Å². The summed E-state index contributed by atoms with van der Waals surface area (Å²) in [6.45, 7) is 2.11. The Morgan fingerprint density at radius 2 is 1.89 bits per heavy atom. The van der Waals surface area contributed by atoms with Crippen LogP contribution in [0.15, 0.2) is 42.5 Å². The zero-order valence-corrected chi connectivity index (χ0v) is 12.8. The lowest BCUT2D eigenvalue weighted by Gasteiger charge is -2.22. The summed E-state index contributed by atoms with van der Waals surface area (Å²) >= 11 is 9.67. The van der Waals surface area contributed by atoms with Crippen LogP contribution in [0.25, 0.3) is 0 Å².